The van der Waals surface area contributed by atoms with E-state index in [1.807, 2.05) is 47.9 Å². The van der Waals surface area contributed by atoms with Gasteiger partial charge in [-0.15, -0.1) is 0 Å². The smallest absolute Gasteiger partial charge is 0.490 e. The van der Waals surface area contributed by atoms with E-state index in [1.54, 1.807) is 19.4 Å². The highest BCUT2D eigenvalue weighted by atomic mass is 19.4. The maximum Gasteiger partial charge on any atom is 0.490 e. The first-order chi connectivity index (χ1) is 16.5. The van der Waals surface area contributed by atoms with Gasteiger partial charge in [-0.1, -0.05) is 18.2 Å². The second-order valence-electron chi connectivity index (χ2n) is 7.07. The monoisotopic (exact) mass is 488 g/mol. The number of benzene rings is 2. The molecule has 2 aromatic carbocycles. The number of carbonyl (C=O) groups is 2. The zero-order valence-electron chi connectivity index (χ0n) is 18.4. The minimum Gasteiger partial charge on any atom is -0.497 e. The summed E-state index contributed by atoms with van der Waals surface area (Å²) in [5.74, 6) is -2.93. The van der Waals surface area contributed by atoms with Crippen LogP contribution in [-0.2, 0) is 4.79 Å². The van der Waals surface area contributed by atoms with Crippen molar-refractivity contribution in [3.05, 3.63) is 59.9 Å². The van der Waals surface area contributed by atoms with Gasteiger partial charge in [-0.3, -0.25) is 4.79 Å². The fourth-order valence-corrected chi connectivity index (χ4v) is 3.45. The molecule has 182 valence electrons. The van der Waals surface area contributed by atoms with Crippen LogP contribution >= 0.6 is 0 Å². The number of carboxylic acid groups (broad SMARTS) is 1. The minimum absolute atomic E-state index is 0.288. The zero-order chi connectivity index (χ0) is 25.9. The Morgan fingerprint density at radius 3 is 2.37 bits per heavy atom. The van der Waals surface area contributed by atoms with Gasteiger partial charge < -0.3 is 25.9 Å². The molecular weight excluding hydrogens is 469 g/mol. The van der Waals surface area contributed by atoms with E-state index in [-0.39, 0.29) is 5.96 Å². The summed E-state index contributed by atoms with van der Waals surface area (Å²) in [7, 11) is 1.57. The summed E-state index contributed by atoms with van der Waals surface area (Å²) in [6.45, 7) is 1.84. The average Bonchev–Trinajstić information content (AvgIpc) is 3.08. The van der Waals surface area contributed by atoms with Crippen LogP contribution in [0.25, 0.3) is 27.5 Å². The van der Waals surface area contributed by atoms with Crippen LogP contribution in [-0.4, -0.2) is 51.0 Å². The molecule has 0 unspecified atom stereocenters. The molecule has 4 rings (SSSR count). The Hall–Kier alpha value is -4.68. The standard InChI is InChI=1S/C20H18N6O2.C2HF3O2/c1-11-18(19(27)24-20(21)22)14-9-12(28-2)7-8-16(14)26(11)17-10-23-25-15-6-4-3-5-13(15)17;3-2(4,5)1(6)7/h3-10H,1-2H3,(H4,21,22,24,27);(H,6,7). The van der Waals surface area contributed by atoms with Gasteiger partial charge in [0.25, 0.3) is 5.91 Å². The van der Waals surface area contributed by atoms with Crippen LogP contribution in [0.4, 0.5) is 13.2 Å². The number of aliphatic imine (C=N–C) groups is 1. The number of guanidine groups is 1. The number of hydrogen-bond acceptors (Lipinski definition) is 5. The Bertz CT molecular complexity index is 1450. The molecular formula is C22H19F3N6O4. The number of nitrogens with zero attached hydrogens (tertiary/aromatic N) is 4. The Labute approximate surface area is 195 Å². The fourth-order valence-electron chi connectivity index (χ4n) is 3.45. The first kappa shape index (κ1) is 25.0. The topological polar surface area (TPSA) is 159 Å². The number of aromatic nitrogens is 3. The van der Waals surface area contributed by atoms with Gasteiger partial charge in [-0.2, -0.15) is 28.4 Å². The van der Waals surface area contributed by atoms with Crippen molar-refractivity contribution in [2.24, 2.45) is 16.5 Å². The van der Waals surface area contributed by atoms with Crippen molar-refractivity contribution in [3.63, 3.8) is 0 Å². The quantitative estimate of drug-likeness (QED) is 0.293. The Morgan fingerprint density at radius 1 is 1.11 bits per heavy atom. The summed E-state index contributed by atoms with van der Waals surface area (Å²) < 4.78 is 39.0. The normalized spacial score (nSPS) is 11.0. The SMILES string of the molecule is COc1ccc2c(c1)c(C(=O)N=C(N)N)c(C)n2-c1cnnc2ccccc12.O=C(O)C(F)(F)F. The number of aliphatic carboxylic acids is 1. The van der Waals surface area contributed by atoms with Gasteiger partial charge in [0.2, 0.25) is 0 Å². The Morgan fingerprint density at radius 2 is 1.77 bits per heavy atom. The van der Waals surface area contributed by atoms with Gasteiger partial charge in [0, 0.05) is 16.5 Å². The molecule has 35 heavy (non-hydrogen) atoms. The molecule has 5 N–H and O–H groups in total. The molecule has 0 saturated heterocycles. The van der Waals surface area contributed by atoms with Gasteiger partial charge in [0.15, 0.2) is 5.96 Å². The van der Waals surface area contributed by atoms with Crippen LogP contribution in [0.2, 0.25) is 0 Å². The lowest BCUT2D eigenvalue weighted by Gasteiger charge is -2.11. The number of rotatable bonds is 3. The van der Waals surface area contributed by atoms with Crippen molar-refractivity contribution in [1.82, 2.24) is 14.8 Å². The second kappa shape index (κ2) is 9.67. The highest BCUT2D eigenvalue weighted by Gasteiger charge is 2.38. The molecule has 0 fully saturated rings. The van der Waals surface area contributed by atoms with Crippen molar-refractivity contribution in [1.29, 1.82) is 0 Å². The highest BCUT2D eigenvalue weighted by Crippen LogP contribution is 2.34. The molecule has 1 amide bonds. The fraction of sp³-hybridized carbons (Fsp3) is 0.136. The molecule has 0 saturated carbocycles. The molecule has 0 atom stereocenters. The van der Waals surface area contributed by atoms with Crippen molar-refractivity contribution >= 4 is 39.6 Å². The molecule has 2 aromatic heterocycles. The summed E-state index contributed by atoms with van der Waals surface area (Å²) in [5, 5.41) is 17.0. The second-order valence-corrected chi connectivity index (χ2v) is 7.07. The molecule has 0 spiro atoms. The third-order valence-corrected chi connectivity index (χ3v) is 4.86. The molecule has 4 aromatic rings. The third kappa shape index (κ3) is 5.13. The number of carbonyl (C=O) groups excluding carboxylic acids is 1. The van der Waals surface area contributed by atoms with Crippen LogP contribution in [0.3, 0.4) is 0 Å². The van der Waals surface area contributed by atoms with Gasteiger partial charge in [0.05, 0.1) is 35.6 Å². The number of amides is 1. The van der Waals surface area contributed by atoms with E-state index in [1.165, 1.54) is 0 Å². The molecule has 0 aliphatic carbocycles. The number of methoxy groups -OCH3 is 1. The minimum atomic E-state index is -5.08. The Kier molecular flexibility index (Phi) is 6.89. The van der Waals surface area contributed by atoms with Crippen molar-refractivity contribution < 1.29 is 32.6 Å². The predicted molar refractivity (Wildman–Crippen MR) is 121 cm³/mol. The maximum atomic E-state index is 12.8. The number of alkyl halides is 3. The highest BCUT2D eigenvalue weighted by molar-refractivity contribution is 6.12. The number of ether oxygens (including phenoxy) is 1. The van der Waals surface area contributed by atoms with Gasteiger partial charge in [-0.25, -0.2) is 4.79 Å². The third-order valence-electron chi connectivity index (χ3n) is 4.86. The molecule has 0 aliphatic rings. The molecule has 2 heterocycles. The number of fused-ring (bicyclic) bond motifs is 2. The van der Waals surface area contributed by atoms with Crippen molar-refractivity contribution in [2.45, 2.75) is 13.1 Å². The Balaban J connectivity index is 0.000000429. The number of hydrogen-bond donors (Lipinski definition) is 3. The van der Waals surface area contributed by atoms with E-state index in [0.29, 0.717) is 22.4 Å². The van der Waals surface area contributed by atoms with Crippen LogP contribution < -0.4 is 16.2 Å². The summed E-state index contributed by atoms with van der Waals surface area (Å²) in [6.07, 6.45) is -3.41. The van der Waals surface area contributed by atoms with E-state index >= 15 is 0 Å². The number of carboxylic acids is 1. The van der Waals surface area contributed by atoms with E-state index in [4.69, 9.17) is 26.1 Å². The lowest BCUT2D eigenvalue weighted by Crippen LogP contribution is -2.24. The predicted octanol–water partition coefficient (Wildman–Crippen LogP) is 2.94. The van der Waals surface area contributed by atoms with Crippen LogP contribution in [0.1, 0.15) is 16.1 Å². The summed E-state index contributed by atoms with van der Waals surface area (Å²) in [5.41, 5.74) is 14.3. The van der Waals surface area contributed by atoms with Crippen LogP contribution in [0.5, 0.6) is 5.75 Å². The molecule has 13 heteroatoms. The first-order valence-electron chi connectivity index (χ1n) is 9.79. The van der Waals surface area contributed by atoms with Crippen molar-refractivity contribution in [2.75, 3.05) is 7.11 Å². The van der Waals surface area contributed by atoms with Gasteiger partial charge >= 0.3 is 12.1 Å². The summed E-state index contributed by atoms with van der Waals surface area (Å²) in [4.78, 5) is 25.4. The van der Waals surface area contributed by atoms with E-state index in [0.717, 1.165) is 22.1 Å². The van der Waals surface area contributed by atoms with E-state index in [2.05, 4.69) is 15.2 Å². The number of nitrogens with two attached hydrogens (primary N) is 2. The van der Waals surface area contributed by atoms with Crippen LogP contribution in [0, 0.1) is 6.92 Å². The largest absolute Gasteiger partial charge is 0.497 e. The number of halogens is 3. The van der Waals surface area contributed by atoms with E-state index in [9.17, 15) is 18.0 Å². The summed E-state index contributed by atoms with van der Waals surface area (Å²) >= 11 is 0. The molecule has 0 radical (unpaired) electrons. The van der Waals surface area contributed by atoms with Gasteiger partial charge in [-0.05, 0) is 31.2 Å². The van der Waals surface area contributed by atoms with E-state index < -0.39 is 18.1 Å². The maximum absolute atomic E-state index is 12.8. The van der Waals surface area contributed by atoms with Gasteiger partial charge in [0.1, 0.15) is 5.75 Å². The lowest BCUT2D eigenvalue weighted by molar-refractivity contribution is -0.192. The first-order valence-corrected chi connectivity index (χ1v) is 9.79. The summed E-state index contributed by atoms with van der Waals surface area (Å²) in [6, 6.07) is 13.2. The molecule has 0 aliphatic heterocycles. The van der Waals surface area contributed by atoms with Crippen LogP contribution in [0.15, 0.2) is 53.7 Å². The van der Waals surface area contributed by atoms with Crippen molar-refractivity contribution in [3.8, 4) is 11.4 Å². The zero-order valence-corrected chi connectivity index (χ0v) is 18.4. The lowest BCUT2D eigenvalue weighted by atomic mass is 10.1. The molecule has 10 nitrogen and oxygen atoms in total. The average molecular weight is 488 g/mol. The molecule has 0 bridgehead atoms.